The average molecular weight is 281 g/mol. The first-order valence-corrected chi connectivity index (χ1v) is 7.31. The van der Waals surface area contributed by atoms with Crippen LogP contribution in [0.4, 0.5) is 11.4 Å². The van der Waals surface area contributed by atoms with Crippen LogP contribution < -0.4 is 5.32 Å². The number of carbonyl (C=O) groups excluding carboxylic acids is 1. The van der Waals surface area contributed by atoms with Gasteiger partial charge in [0.05, 0.1) is 11.9 Å². The molecule has 0 saturated carbocycles. The molecule has 0 atom stereocenters. The summed E-state index contributed by atoms with van der Waals surface area (Å²) in [6.45, 7) is 3.76. The zero-order valence-electron chi connectivity index (χ0n) is 12.2. The van der Waals surface area contributed by atoms with Crippen molar-refractivity contribution in [3.8, 4) is 0 Å². The fourth-order valence-corrected chi connectivity index (χ4v) is 2.57. The summed E-state index contributed by atoms with van der Waals surface area (Å²) in [5.74, 6) is 0.0367. The van der Waals surface area contributed by atoms with Gasteiger partial charge in [0.15, 0.2) is 0 Å². The summed E-state index contributed by atoms with van der Waals surface area (Å²) in [5, 5.41) is 3.29. The lowest BCUT2D eigenvalue weighted by Crippen LogP contribution is -2.28. The van der Waals surface area contributed by atoms with Gasteiger partial charge < -0.3 is 10.2 Å². The highest BCUT2D eigenvalue weighted by molar-refractivity contribution is 5.92. The van der Waals surface area contributed by atoms with Crippen molar-refractivity contribution in [2.24, 2.45) is 0 Å². The maximum atomic E-state index is 12.2. The van der Waals surface area contributed by atoms with Gasteiger partial charge in [0.2, 0.25) is 0 Å². The third-order valence-corrected chi connectivity index (χ3v) is 3.68. The second-order valence-electron chi connectivity index (χ2n) is 5.43. The van der Waals surface area contributed by atoms with Crippen LogP contribution in [0.15, 0.2) is 42.6 Å². The molecule has 21 heavy (non-hydrogen) atoms. The maximum absolute atomic E-state index is 12.2. The van der Waals surface area contributed by atoms with E-state index in [2.05, 4.69) is 29.4 Å². The first-order chi connectivity index (χ1) is 10.2. The van der Waals surface area contributed by atoms with Crippen molar-refractivity contribution in [1.82, 2.24) is 9.88 Å². The minimum Gasteiger partial charge on any atom is -0.354 e. The van der Waals surface area contributed by atoms with E-state index in [1.807, 2.05) is 23.1 Å². The zero-order chi connectivity index (χ0) is 14.7. The van der Waals surface area contributed by atoms with Crippen LogP contribution in [-0.4, -0.2) is 28.9 Å². The first kappa shape index (κ1) is 13.6. The van der Waals surface area contributed by atoms with Gasteiger partial charge >= 0.3 is 0 Å². The topological polar surface area (TPSA) is 45.2 Å². The lowest BCUT2D eigenvalue weighted by atomic mass is 10.2. The van der Waals surface area contributed by atoms with Crippen LogP contribution in [0.3, 0.4) is 0 Å². The Morgan fingerprint density at radius 2 is 1.95 bits per heavy atom. The Balaban J connectivity index is 1.70. The summed E-state index contributed by atoms with van der Waals surface area (Å²) in [6.07, 6.45) is 3.91. The second-order valence-corrected chi connectivity index (χ2v) is 5.43. The molecule has 0 radical (unpaired) electrons. The summed E-state index contributed by atoms with van der Waals surface area (Å²) in [5.41, 5.74) is 3.63. The van der Waals surface area contributed by atoms with Crippen molar-refractivity contribution >= 4 is 17.3 Å². The lowest BCUT2D eigenvalue weighted by molar-refractivity contribution is 0.0787. The standard InChI is InChI=1S/C17H19N3O/c1-13-5-4-6-14(11-13)19-15-7-8-16(18-12-15)17(21)20-9-2-3-10-20/h4-8,11-12,19H,2-3,9-10H2,1H3. The van der Waals surface area contributed by atoms with E-state index < -0.39 is 0 Å². The van der Waals surface area contributed by atoms with E-state index >= 15 is 0 Å². The van der Waals surface area contributed by atoms with Crippen LogP contribution in [0.5, 0.6) is 0 Å². The number of nitrogens with one attached hydrogen (secondary N) is 1. The van der Waals surface area contributed by atoms with Gasteiger partial charge in [-0.05, 0) is 49.6 Å². The number of likely N-dealkylation sites (tertiary alicyclic amines) is 1. The van der Waals surface area contributed by atoms with Crippen molar-refractivity contribution in [1.29, 1.82) is 0 Å². The maximum Gasteiger partial charge on any atom is 0.272 e. The Hall–Kier alpha value is -2.36. The number of benzene rings is 1. The number of anilines is 2. The Bertz CT molecular complexity index is 631. The number of pyridine rings is 1. The van der Waals surface area contributed by atoms with E-state index in [1.165, 1.54) is 5.56 Å². The number of aryl methyl sites for hydroxylation is 1. The van der Waals surface area contributed by atoms with Gasteiger partial charge in [0.1, 0.15) is 5.69 Å². The zero-order valence-corrected chi connectivity index (χ0v) is 12.2. The molecule has 3 rings (SSSR count). The third-order valence-electron chi connectivity index (χ3n) is 3.68. The van der Waals surface area contributed by atoms with E-state index in [-0.39, 0.29) is 5.91 Å². The molecule has 1 saturated heterocycles. The summed E-state index contributed by atoms with van der Waals surface area (Å²) >= 11 is 0. The molecule has 1 aliphatic rings. The van der Waals surface area contributed by atoms with Gasteiger partial charge in [-0.3, -0.25) is 4.79 Å². The summed E-state index contributed by atoms with van der Waals surface area (Å²) in [4.78, 5) is 18.4. The smallest absolute Gasteiger partial charge is 0.272 e. The minimum absolute atomic E-state index is 0.0367. The quantitative estimate of drug-likeness (QED) is 0.938. The van der Waals surface area contributed by atoms with Crippen LogP contribution in [0.2, 0.25) is 0 Å². The molecule has 4 nitrogen and oxygen atoms in total. The number of amides is 1. The van der Waals surface area contributed by atoms with Gasteiger partial charge in [-0.1, -0.05) is 12.1 Å². The van der Waals surface area contributed by atoms with Crippen LogP contribution >= 0.6 is 0 Å². The van der Waals surface area contributed by atoms with Crippen molar-refractivity contribution < 1.29 is 4.79 Å². The highest BCUT2D eigenvalue weighted by Crippen LogP contribution is 2.18. The molecule has 1 aromatic carbocycles. The first-order valence-electron chi connectivity index (χ1n) is 7.31. The second kappa shape index (κ2) is 5.95. The van der Waals surface area contributed by atoms with E-state index in [4.69, 9.17) is 0 Å². The summed E-state index contributed by atoms with van der Waals surface area (Å²) in [7, 11) is 0. The molecular formula is C17H19N3O. The number of hydrogen-bond donors (Lipinski definition) is 1. The van der Waals surface area contributed by atoms with Crippen LogP contribution in [0.1, 0.15) is 28.9 Å². The van der Waals surface area contributed by atoms with Gasteiger partial charge in [-0.25, -0.2) is 4.98 Å². The van der Waals surface area contributed by atoms with Gasteiger partial charge in [-0.2, -0.15) is 0 Å². The third kappa shape index (κ3) is 3.21. The predicted molar refractivity (Wildman–Crippen MR) is 83.8 cm³/mol. The SMILES string of the molecule is Cc1cccc(Nc2ccc(C(=O)N3CCCC3)nc2)c1. The lowest BCUT2D eigenvalue weighted by Gasteiger charge is -2.14. The largest absolute Gasteiger partial charge is 0.354 e. The predicted octanol–water partition coefficient (Wildman–Crippen LogP) is 3.37. The molecule has 1 aliphatic heterocycles. The molecule has 1 N–H and O–H groups in total. The molecule has 1 amide bonds. The molecule has 0 spiro atoms. The average Bonchev–Trinajstić information content (AvgIpc) is 3.01. The van der Waals surface area contributed by atoms with Gasteiger partial charge in [0.25, 0.3) is 5.91 Å². The van der Waals surface area contributed by atoms with Gasteiger partial charge in [-0.15, -0.1) is 0 Å². The monoisotopic (exact) mass is 281 g/mol. The molecule has 1 fully saturated rings. The summed E-state index contributed by atoms with van der Waals surface area (Å²) < 4.78 is 0. The number of rotatable bonds is 3. The van der Waals surface area contributed by atoms with E-state index in [9.17, 15) is 4.79 Å². The Morgan fingerprint density at radius 3 is 2.62 bits per heavy atom. The van der Waals surface area contributed by atoms with Gasteiger partial charge in [0, 0.05) is 18.8 Å². The van der Waals surface area contributed by atoms with Crippen LogP contribution in [0.25, 0.3) is 0 Å². The normalized spacial score (nSPS) is 14.2. The number of carbonyl (C=O) groups is 1. The van der Waals surface area contributed by atoms with Crippen molar-refractivity contribution in [3.05, 3.63) is 53.9 Å². The fraction of sp³-hybridized carbons (Fsp3) is 0.294. The van der Waals surface area contributed by atoms with Crippen molar-refractivity contribution in [2.45, 2.75) is 19.8 Å². The van der Waals surface area contributed by atoms with E-state index in [1.54, 1.807) is 12.3 Å². The molecule has 0 unspecified atom stereocenters. The van der Waals surface area contributed by atoms with Crippen LogP contribution in [-0.2, 0) is 0 Å². The molecule has 1 aromatic heterocycles. The Kier molecular flexibility index (Phi) is 3.86. The Labute approximate surface area is 124 Å². The van der Waals surface area contributed by atoms with Crippen LogP contribution in [0, 0.1) is 6.92 Å². The van der Waals surface area contributed by atoms with E-state index in [0.29, 0.717) is 5.69 Å². The van der Waals surface area contributed by atoms with Crippen molar-refractivity contribution in [3.63, 3.8) is 0 Å². The molecule has 4 heteroatoms. The Morgan fingerprint density at radius 1 is 1.14 bits per heavy atom. The molecule has 0 aliphatic carbocycles. The fourth-order valence-electron chi connectivity index (χ4n) is 2.57. The minimum atomic E-state index is 0.0367. The highest BCUT2D eigenvalue weighted by Gasteiger charge is 2.20. The summed E-state index contributed by atoms with van der Waals surface area (Å²) in [6, 6.07) is 11.8. The van der Waals surface area contributed by atoms with Crippen molar-refractivity contribution in [2.75, 3.05) is 18.4 Å². The van der Waals surface area contributed by atoms with E-state index in [0.717, 1.165) is 37.3 Å². The molecule has 0 bridgehead atoms. The molecular weight excluding hydrogens is 262 g/mol. The molecule has 2 aromatic rings. The molecule has 108 valence electrons. The number of nitrogens with zero attached hydrogens (tertiary/aromatic N) is 2. The number of aromatic nitrogens is 1. The highest BCUT2D eigenvalue weighted by atomic mass is 16.2. The molecule has 2 heterocycles. The number of hydrogen-bond acceptors (Lipinski definition) is 3.